The highest BCUT2D eigenvalue weighted by Crippen LogP contribution is 2.11. The summed E-state index contributed by atoms with van der Waals surface area (Å²) in [6, 6.07) is 9.33. The molecule has 1 atom stereocenters. The summed E-state index contributed by atoms with van der Waals surface area (Å²) in [5.41, 5.74) is 0.822. The number of likely N-dealkylation sites (N-methyl/N-ethyl adjacent to an activating group) is 1. The Balaban J connectivity index is 1.98. The number of nitrogens with one attached hydrogen (secondary N) is 2. The lowest BCUT2D eigenvalue weighted by atomic mass is 10.1. The van der Waals surface area contributed by atoms with Crippen molar-refractivity contribution in [3.8, 4) is 0 Å². The van der Waals surface area contributed by atoms with Gasteiger partial charge in [-0.15, -0.1) is 0 Å². The lowest BCUT2D eigenvalue weighted by Crippen LogP contribution is -2.41. The van der Waals surface area contributed by atoms with Gasteiger partial charge >= 0.3 is 0 Å². The Morgan fingerprint density at radius 3 is 2.75 bits per heavy atom. The fraction of sp³-hybridized carbons (Fsp3) is 0.333. The third kappa shape index (κ3) is 3.68. The van der Waals surface area contributed by atoms with Crippen LogP contribution in [0.25, 0.3) is 0 Å². The number of hydrogen-bond acceptors (Lipinski definition) is 3. The van der Waals surface area contributed by atoms with Crippen LogP contribution in [0.15, 0.2) is 42.7 Å². The number of aromatic nitrogens is 2. The molecule has 1 unspecified atom stereocenters. The molecular weight excluding hydrogens is 252 g/mol. The van der Waals surface area contributed by atoms with E-state index in [1.54, 1.807) is 12.4 Å². The summed E-state index contributed by atoms with van der Waals surface area (Å²) in [7, 11) is 1.93. The minimum Gasteiger partial charge on any atom is -0.348 e. The van der Waals surface area contributed by atoms with Gasteiger partial charge in [0.05, 0.1) is 12.6 Å². The van der Waals surface area contributed by atoms with Gasteiger partial charge in [0.15, 0.2) is 0 Å². The lowest BCUT2D eigenvalue weighted by molar-refractivity contribution is -0.121. The van der Waals surface area contributed by atoms with E-state index >= 15 is 0 Å². The average Bonchev–Trinajstić information content (AvgIpc) is 2.93. The molecule has 2 N–H and O–H groups in total. The second-order valence-electron chi connectivity index (χ2n) is 4.73. The molecule has 0 aliphatic heterocycles. The number of amides is 1. The molecule has 0 aliphatic rings. The topological polar surface area (TPSA) is 61.0 Å². The molecule has 2 aromatic rings. The molecule has 0 radical (unpaired) electrons. The summed E-state index contributed by atoms with van der Waals surface area (Å²) in [6.45, 7) is 2.63. The number of nitrogens with zero attached hydrogens (tertiary/aromatic N) is 2. The van der Waals surface area contributed by atoms with E-state index in [1.165, 1.54) is 0 Å². The minimum atomic E-state index is -0.180. The van der Waals surface area contributed by atoms with Crippen molar-refractivity contribution in [2.45, 2.75) is 25.9 Å². The van der Waals surface area contributed by atoms with Crippen LogP contribution in [0, 0.1) is 0 Å². The first-order chi connectivity index (χ1) is 9.70. The third-order valence-electron chi connectivity index (χ3n) is 3.22. The van der Waals surface area contributed by atoms with Gasteiger partial charge in [-0.1, -0.05) is 25.1 Å². The van der Waals surface area contributed by atoms with E-state index in [4.69, 9.17) is 0 Å². The average molecular weight is 272 g/mol. The first kappa shape index (κ1) is 14.3. The van der Waals surface area contributed by atoms with Gasteiger partial charge in [0.2, 0.25) is 5.91 Å². The predicted molar refractivity (Wildman–Crippen MR) is 79.2 cm³/mol. The summed E-state index contributed by atoms with van der Waals surface area (Å²) < 4.78 is 0. The Kier molecular flexibility index (Phi) is 4.90. The molecule has 1 aromatic heterocycles. The fourth-order valence-electron chi connectivity index (χ4n) is 2.18. The minimum absolute atomic E-state index is 0.00718. The van der Waals surface area contributed by atoms with Gasteiger partial charge in [-0.3, -0.25) is 9.69 Å². The van der Waals surface area contributed by atoms with E-state index in [0.29, 0.717) is 6.54 Å². The summed E-state index contributed by atoms with van der Waals surface area (Å²) in [6.07, 6.45) is 4.25. The number of aromatic amines is 1. The highest BCUT2D eigenvalue weighted by atomic mass is 16.2. The SMILES string of the molecule is CCC(C(=O)Nc1ccccc1)N(C)Cc1ncc[nH]1. The second kappa shape index (κ2) is 6.86. The van der Waals surface area contributed by atoms with E-state index in [1.807, 2.05) is 49.2 Å². The van der Waals surface area contributed by atoms with E-state index in [2.05, 4.69) is 15.3 Å². The van der Waals surface area contributed by atoms with Crippen molar-refractivity contribution in [3.05, 3.63) is 48.5 Å². The van der Waals surface area contributed by atoms with E-state index in [0.717, 1.165) is 17.9 Å². The van der Waals surface area contributed by atoms with E-state index in [-0.39, 0.29) is 11.9 Å². The van der Waals surface area contributed by atoms with Gasteiger partial charge in [-0.25, -0.2) is 4.98 Å². The third-order valence-corrected chi connectivity index (χ3v) is 3.22. The first-order valence-electron chi connectivity index (χ1n) is 6.75. The summed E-state index contributed by atoms with van der Waals surface area (Å²) in [5, 5.41) is 2.94. The number of anilines is 1. The number of imidazole rings is 1. The molecule has 5 nitrogen and oxygen atoms in total. The molecule has 20 heavy (non-hydrogen) atoms. The fourth-order valence-corrected chi connectivity index (χ4v) is 2.18. The first-order valence-corrected chi connectivity index (χ1v) is 6.75. The zero-order valence-corrected chi connectivity index (χ0v) is 11.8. The molecule has 106 valence electrons. The molecule has 0 saturated carbocycles. The molecule has 0 bridgehead atoms. The maximum absolute atomic E-state index is 12.3. The van der Waals surface area contributed by atoms with Crippen LogP contribution >= 0.6 is 0 Å². The second-order valence-corrected chi connectivity index (χ2v) is 4.73. The molecule has 0 spiro atoms. The monoisotopic (exact) mass is 272 g/mol. The standard InChI is InChI=1S/C15H20N4O/c1-3-13(19(2)11-14-16-9-10-17-14)15(20)18-12-7-5-4-6-8-12/h4-10,13H,3,11H2,1-2H3,(H,16,17)(H,18,20). The number of hydrogen-bond donors (Lipinski definition) is 2. The van der Waals surface area contributed by atoms with E-state index in [9.17, 15) is 4.79 Å². The van der Waals surface area contributed by atoms with Gasteiger partial charge in [0.25, 0.3) is 0 Å². The normalized spacial score (nSPS) is 12.3. The van der Waals surface area contributed by atoms with Gasteiger partial charge in [-0.2, -0.15) is 0 Å². The molecule has 0 fully saturated rings. The Bertz CT molecular complexity index is 524. The molecule has 0 aliphatic carbocycles. The number of para-hydroxylation sites is 1. The molecule has 1 amide bonds. The highest BCUT2D eigenvalue weighted by molar-refractivity contribution is 5.94. The van der Waals surface area contributed by atoms with Crippen molar-refractivity contribution in [1.82, 2.24) is 14.9 Å². The van der Waals surface area contributed by atoms with Crippen molar-refractivity contribution in [3.63, 3.8) is 0 Å². The predicted octanol–water partition coefficient (Wildman–Crippen LogP) is 2.26. The maximum Gasteiger partial charge on any atom is 0.241 e. The van der Waals surface area contributed by atoms with Crippen molar-refractivity contribution in [2.75, 3.05) is 12.4 Å². The van der Waals surface area contributed by atoms with Crippen molar-refractivity contribution < 1.29 is 4.79 Å². The Hall–Kier alpha value is -2.14. The van der Waals surface area contributed by atoms with Crippen LogP contribution in [0.2, 0.25) is 0 Å². The van der Waals surface area contributed by atoms with Crippen LogP contribution in [-0.4, -0.2) is 33.9 Å². The number of carbonyl (C=O) groups is 1. The largest absolute Gasteiger partial charge is 0.348 e. The van der Waals surface area contributed by atoms with Gasteiger partial charge < -0.3 is 10.3 Å². The van der Waals surface area contributed by atoms with Crippen LogP contribution in [-0.2, 0) is 11.3 Å². The quantitative estimate of drug-likeness (QED) is 0.848. The number of carbonyl (C=O) groups excluding carboxylic acids is 1. The van der Waals surface area contributed by atoms with Crippen LogP contribution < -0.4 is 5.32 Å². The summed E-state index contributed by atoms with van der Waals surface area (Å²) >= 11 is 0. The van der Waals surface area contributed by atoms with E-state index < -0.39 is 0 Å². The van der Waals surface area contributed by atoms with Crippen molar-refractivity contribution in [2.24, 2.45) is 0 Å². The molecule has 1 aromatic carbocycles. The Morgan fingerprint density at radius 1 is 1.40 bits per heavy atom. The molecule has 2 rings (SSSR count). The summed E-state index contributed by atoms with van der Waals surface area (Å²) in [4.78, 5) is 21.6. The van der Waals surface area contributed by atoms with Crippen LogP contribution in [0.4, 0.5) is 5.69 Å². The molecule has 0 saturated heterocycles. The van der Waals surface area contributed by atoms with Crippen LogP contribution in [0.5, 0.6) is 0 Å². The van der Waals surface area contributed by atoms with Crippen molar-refractivity contribution in [1.29, 1.82) is 0 Å². The zero-order valence-electron chi connectivity index (χ0n) is 11.8. The smallest absolute Gasteiger partial charge is 0.241 e. The zero-order chi connectivity index (χ0) is 14.4. The van der Waals surface area contributed by atoms with Crippen LogP contribution in [0.1, 0.15) is 19.2 Å². The maximum atomic E-state index is 12.3. The van der Waals surface area contributed by atoms with Crippen molar-refractivity contribution >= 4 is 11.6 Å². The molecular formula is C15H20N4O. The van der Waals surface area contributed by atoms with Gasteiger partial charge in [0.1, 0.15) is 5.82 Å². The summed E-state index contributed by atoms with van der Waals surface area (Å²) in [5.74, 6) is 0.867. The highest BCUT2D eigenvalue weighted by Gasteiger charge is 2.21. The Labute approximate surface area is 119 Å². The molecule has 1 heterocycles. The van der Waals surface area contributed by atoms with Gasteiger partial charge in [-0.05, 0) is 25.6 Å². The van der Waals surface area contributed by atoms with Gasteiger partial charge in [0, 0.05) is 18.1 Å². The number of benzene rings is 1. The number of rotatable bonds is 6. The molecule has 5 heteroatoms. The number of H-pyrrole nitrogens is 1. The lowest BCUT2D eigenvalue weighted by Gasteiger charge is -2.25. The van der Waals surface area contributed by atoms with Crippen LogP contribution in [0.3, 0.4) is 0 Å². The Morgan fingerprint density at radius 2 is 2.15 bits per heavy atom.